The summed E-state index contributed by atoms with van der Waals surface area (Å²) in [6.07, 6.45) is 0. The van der Waals surface area contributed by atoms with E-state index in [2.05, 4.69) is 5.16 Å². The van der Waals surface area contributed by atoms with Crippen LogP contribution in [0.1, 0.15) is 44.6 Å². The summed E-state index contributed by atoms with van der Waals surface area (Å²) in [6.45, 7) is 5.45. The van der Waals surface area contributed by atoms with Gasteiger partial charge in [-0.25, -0.2) is 0 Å². The first kappa shape index (κ1) is 19.7. The largest absolute Gasteiger partial charge is 0.450 e. The molecule has 0 bridgehead atoms. The summed E-state index contributed by atoms with van der Waals surface area (Å²) in [5.74, 6) is -0.0200. The van der Waals surface area contributed by atoms with E-state index < -0.39 is 16.9 Å². The molecule has 3 heterocycles. The highest BCUT2D eigenvalue weighted by atomic mass is 16.6. The van der Waals surface area contributed by atoms with Crippen molar-refractivity contribution in [3.8, 4) is 0 Å². The lowest BCUT2D eigenvalue weighted by molar-refractivity contribution is -0.384. The third-order valence-electron chi connectivity index (χ3n) is 5.75. The zero-order chi connectivity index (χ0) is 22.7. The first-order valence-electron chi connectivity index (χ1n) is 9.85. The minimum Gasteiger partial charge on any atom is -0.450 e. The highest BCUT2D eigenvalue weighted by Crippen LogP contribution is 2.41. The van der Waals surface area contributed by atoms with Crippen LogP contribution >= 0.6 is 0 Å². The van der Waals surface area contributed by atoms with Gasteiger partial charge in [0.2, 0.25) is 5.76 Å². The predicted molar refractivity (Wildman–Crippen MR) is 115 cm³/mol. The van der Waals surface area contributed by atoms with Crippen molar-refractivity contribution in [3.63, 3.8) is 0 Å². The summed E-state index contributed by atoms with van der Waals surface area (Å²) in [7, 11) is 0. The van der Waals surface area contributed by atoms with E-state index in [9.17, 15) is 19.7 Å². The maximum absolute atomic E-state index is 13.6. The van der Waals surface area contributed by atoms with Crippen molar-refractivity contribution < 1.29 is 18.7 Å². The molecule has 2 aromatic carbocycles. The molecule has 5 rings (SSSR count). The van der Waals surface area contributed by atoms with Crippen LogP contribution in [0.3, 0.4) is 0 Å². The fraction of sp³-hybridized carbons (Fsp3) is 0.174. The Morgan fingerprint density at radius 3 is 2.50 bits per heavy atom. The SMILES string of the molecule is Cc1cc(N2C(=O)c3oc4cc(C)c(C)cc4c(=O)c3[C@@H]2c2cccc([N+](=O)[O-])c2)no1. The number of carbonyl (C=O) groups is 1. The minimum absolute atomic E-state index is 0.108. The van der Waals surface area contributed by atoms with Gasteiger partial charge in [-0.1, -0.05) is 17.3 Å². The lowest BCUT2D eigenvalue weighted by atomic mass is 9.97. The van der Waals surface area contributed by atoms with Gasteiger partial charge in [-0.3, -0.25) is 24.6 Å². The number of nitrogens with zero attached hydrogens (tertiary/aromatic N) is 3. The molecule has 9 nitrogen and oxygen atoms in total. The Morgan fingerprint density at radius 1 is 1.06 bits per heavy atom. The number of benzene rings is 2. The third-order valence-corrected chi connectivity index (χ3v) is 5.75. The Balaban J connectivity index is 1.83. The fourth-order valence-electron chi connectivity index (χ4n) is 4.05. The van der Waals surface area contributed by atoms with Crippen molar-refractivity contribution in [3.05, 3.63) is 96.6 Å². The number of carbonyl (C=O) groups excluding carboxylic acids is 1. The molecule has 0 spiro atoms. The first-order chi connectivity index (χ1) is 15.3. The number of nitro groups is 1. The molecular weight excluding hydrogens is 414 g/mol. The molecule has 0 aliphatic carbocycles. The highest BCUT2D eigenvalue weighted by molar-refractivity contribution is 6.10. The van der Waals surface area contributed by atoms with Crippen molar-refractivity contribution in [2.24, 2.45) is 0 Å². The van der Waals surface area contributed by atoms with Crippen LogP contribution in [0.25, 0.3) is 11.0 Å². The van der Waals surface area contributed by atoms with Gasteiger partial charge in [-0.15, -0.1) is 0 Å². The van der Waals surface area contributed by atoms with Crippen LogP contribution in [0, 0.1) is 30.9 Å². The first-order valence-corrected chi connectivity index (χ1v) is 9.85. The van der Waals surface area contributed by atoms with E-state index in [1.54, 1.807) is 31.2 Å². The van der Waals surface area contributed by atoms with Crippen molar-refractivity contribution in [2.75, 3.05) is 4.90 Å². The summed E-state index contributed by atoms with van der Waals surface area (Å²) < 4.78 is 11.1. The van der Waals surface area contributed by atoms with E-state index in [4.69, 9.17) is 8.94 Å². The van der Waals surface area contributed by atoms with Crippen molar-refractivity contribution in [2.45, 2.75) is 26.8 Å². The highest BCUT2D eigenvalue weighted by Gasteiger charge is 2.45. The summed E-state index contributed by atoms with van der Waals surface area (Å²) in [4.78, 5) is 39.1. The monoisotopic (exact) mass is 431 g/mol. The summed E-state index contributed by atoms with van der Waals surface area (Å²) in [6, 6.07) is 9.90. The van der Waals surface area contributed by atoms with Crippen molar-refractivity contribution in [1.82, 2.24) is 5.16 Å². The number of nitro benzene ring substituents is 1. The maximum Gasteiger partial charge on any atom is 0.296 e. The number of hydrogen-bond donors (Lipinski definition) is 0. The second-order valence-corrected chi connectivity index (χ2v) is 7.83. The van der Waals surface area contributed by atoms with Gasteiger partial charge in [-0.2, -0.15) is 0 Å². The summed E-state index contributed by atoms with van der Waals surface area (Å²) in [5, 5.41) is 15.6. The maximum atomic E-state index is 13.6. The minimum atomic E-state index is -0.954. The van der Waals surface area contributed by atoms with E-state index in [1.165, 1.54) is 23.1 Å². The molecule has 1 aliphatic rings. The molecule has 0 fully saturated rings. The number of rotatable bonds is 3. The Hall–Kier alpha value is -4.27. The molecule has 0 unspecified atom stereocenters. The Morgan fingerprint density at radius 2 is 1.81 bits per heavy atom. The summed E-state index contributed by atoms with van der Waals surface area (Å²) in [5.41, 5.74) is 2.12. The molecule has 2 aromatic heterocycles. The average molecular weight is 431 g/mol. The zero-order valence-corrected chi connectivity index (χ0v) is 17.4. The van der Waals surface area contributed by atoms with Gasteiger partial charge in [-0.05, 0) is 49.6 Å². The molecule has 160 valence electrons. The van der Waals surface area contributed by atoms with Crippen LogP contribution in [-0.4, -0.2) is 16.0 Å². The Bertz CT molecular complexity index is 1500. The van der Waals surface area contributed by atoms with E-state index >= 15 is 0 Å². The molecule has 1 atom stereocenters. The van der Waals surface area contributed by atoms with Gasteiger partial charge in [0, 0.05) is 18.2 Å². The number of aryl methyl sites for hydroxylation is 3. The van der Waals surface area contributed by atoms with E-state index in [0.717, 1.165) is 11.1 Å². The Labute approximate surface area is 181 Å². The number of non-ortho nitro benzene ring substituents is 1. The number of anilines is 1. The van der Waals surface area contributed by atoms with E-state index in [-0.39, 0.29) is 28.3 Å². The molecule has 1 amide bonds. The molecule has 9 heteroatoms. The molecule has 4 aromatic rings. The van der Waals surface area contributed by atoms with Crippen molar-refractivity contribution in [1.29, 1.82) is 0 Å². The van der Waals surface area contributed by atoms with Gasteiger partial charge >= 0.3 is 0 Å². The van der Waals surface area contributed by atoms with Gasteiger partial charge < -0.3 is 8.94 Å². The number of aromatic nitrogens is 1. The standard InChI is InChI=1S/C23H17N3O6/c1-11-7-16-17(8-12(11)2)31-22-19(21(16)27)20(14-5-4-6-15(10-14)26(29)30)25(23(22)28)18-9-13(3)32-24-18/h4-10,20H,1-3H3/t20-/m0/s1. The van der Waals surface area contributed by atoms with Gasteiger partial charge in [0.05, 0.1) is 21.9 Å². The second kappa shape index (κ2) is 6.88. The van der Waals surface area contributed by atoms with Gasteiger partial charge in [0.15, 0.2) is 11.2 Å². The zero-order valence-electron chi connectivity index (χ0n) is 17.4. The summed E-state index contributed by atoms with van der Waals surface area (Å²) >= 11 is 0. The topological polar surface area (TPSA) is 120 Å². The molecule has 32 heavy (non-hydrogen) atoms. The third kappa shape index (κ3) is 2.82. The molecule has 0 N–H and O–H groups in total. The van der Waals surface area contributed by atoms with Gasteiger partial charge in [0.1, 0.15) is 11.3 Å². The second-order valence-electron chi connectivity index (χ2n) is 7.83. The number of amides is 1. The van der Waals surface area contributed by atoms with E-state index in [1.807, 2.05) is 13.8 Å². The predicted octanol–water partition coefficient (Wildman–Crippen LogP) is 4.36. The lowest BCUT2D eigenvalue weighted by Gasteiger charge is -2.22. The lowest BCUT2D eigenvalue weighted by Crippen LogP contribution is -2.29. The number of fused-ring (bicyclic) bond motifs is 2. The Kier molecular flexibility index (Phi) is 4.23. The molecular formula is C23H17N3O6. The van der Waals surface area contributed by atoms with Crippen LogP contribution in [0.15, 0.2) is 56.2 Å². The number of hydrogen-bond acceptors (Lipinski definition) is 7. The molecule has 0 saturated carbocycles. The quantitative estimate of drug-likeness (QED) is 0.349. The smallest absolute Gasteiger partial charge is 0.296 e. The molecule has 0 radical (unpaired) electrons. The van der Waals surface area contributed by atoms with Crippen LogP contribution < -0.4 is 10.3 Å². The molecule has 0 saturated heterocycles. The molecule has 1 aliphatic heterocycles. The van der Waals surface area contributed by atoms with Gasteiger partial charge in [0.25, 0.3) is 11.6 Å². The average Bonchev–Trinajstić information content (AvgIpc) is 3.31. The fourth-order valence-corrected chi connectivity index (χ4v) is 4.05. The van der Waals surface area contributed by atoms with Crippen LogP contribution in [0.2, 0.25) is 0 Å². The van der Waals surface area contributed by atoms with E-state index in [0.29, 0.717) is 22.3 Å². The van der Waals surface area contributed by atoms with Crippen LogP contribution in [-0.2, 0) is 0 Å². The van der Waals surface area contributed by atoms with Crippen LogP contribution in [0.5, 0.6) is 0 Å². The van der Waals surface area contributed by atoms with Crippen molar-refractivity contribution >= 4 is 28.4 Å². The van der Waals surface area contributed by atoms with Crippen LogP contribution in [0.4, 0.5) is 11.5 Å². The normalized spacial score (nSPS) is 15.4.